The second-order valence-electron chi connectivity index (χ2n) is 6.52. The average Bonchev–Trinajstić information content (AvgIpc) is 2.66. The molecule has 0 bridgehead atoms. The van der Waals surface area contributed by atoms with E-state index in [1.807, 2.05) is 0 Å². The molecule has 2 aliphatic rings. The Labute approximate surface area is 161 Å². The first-order chi connectivity index (χ1) is 10.9. The Hall–Kier alpha value is -0.580. The van der Waals surface area contributed by atoms with Gasteiger partial charge in [-0.15, -0.1) is 24.0 Å². The van der Waals surface area contributed by atoms with Crippen LogP contribution in [-0.2, 0) is 14.6 Å². The van der Waals surface area contributed by atoms with Crippen LogP contribution in [0, 0.1) is 0 Å². The van der Waals surface area contributed by atoms with E-state index >= 15 is 0 Å². The fourth-order valence-corrected chi connectivity index (χ4v) is 4.84. The standard InChI is InChI=1S/C15H28N4O3S.HI/c16-15(19-12-5-3-1-2-4-6-12)17-9-7-14(20)18-13-8-10-23(21,22)11-13;/h12-13H,1-11H2,(H,18,20)(H3,16,17,19);1H. The zero-order chi connectivity index (χ0) is 16.7. The van der Waals surface area contributed by atoms with Crippen molar-refractivity contribution >= 4 is 45.7 Å². The van der Waals surface area contributed by atoms with Gasteiger partial charge < -0.3 is 16.4 Å². The van der Waals surface area contributed by atoms with E-state index in [9.17, 15) is 13.2 Å². The predicted octanol–water partition coefficient (Wildman–Crippen LogP) is 0.925. The van der Waals surface area contributed by atoms with Crippen LogP contribution >= 0.6 is 24.0 Å². The van der Waals surface area contributed by atoms with Gasteiger partial charge in [-0.1, -0.05) is 25.7 Å². The zero-order valence-corrected chi connectivity index (χ0v) is 17.1. The highest BCUT2D eigenvalue weighted by atomic mass is 127. The molecule has 9 heteroatoms. The fraction of sp³-hybridized carbons (Fsp3) is 0.867. The van der Waals surface area contributed by atoms with Crippen LogP contribution in [0.2, 0.25) is 0 Å². The van der Waals surface area contributed by atoms with Crippen LogP contribution in [0.4, 0.5) is 0 Å². The zero-order valence-electron chi connectivity index (χ0n) is 14.0. The lowest BCUT2D eigenvalue weighted by atomic mass is 10.1. The minimum atomic E-state index is -2.97. The van der Waals surface area contributed by atoms with Crippen LogP contribution in [-0.4, -0.2) is 50.4 Å². The number of rotatable bonds is 5. The fourth-order valence-electron chi connectivity index (χ4n) is 3.17. The van der Waals surface area contributed by atoms with E-state index in [1.54, 1.807) is 0 Å². The number of nitrogens with one attached hydrogen (secondary N) is 2. The third-order valence-electron chi connectivity index (χ3n) is 4.43. The van der Waals surface area contributed by atoms with Crippen molar-refractivity contribution in [3.8, 4) is 0 Å². The Morgan fingerprint density at radius 1 is 1.04 bits per heavy atom. The summed E-state index contributed by atoms with van der Waals surface area (Å²) in [6, 6.07) is 0.136. The van der Waals surface area contributed by atoms with Gasteiger partial charge in [-0.05, 0) is 19.3 Å². The number of hydrogen-bond acceptors (Lipinski definition) is 4. The molecule has 1 amide bonds. The van der Waals surface area contributed by atoms with Crippen molar-refractivity contribution in [2.45, 2.75) is 63.5 Å². The number of hydrogen-bond donors (Lipinski definition) is 3. The molecule has 7 nitrogen and oxygen atoms in total. The van der Waals surface area contributed by atoms with Gasteiger partial charge in [-0.3, -0.25) is 9.79 Å². The molecule has 140 valence electrons. The van der Waals surface area contributed by atoms with Crippen molar-refractivity contribution in [2.75, 3.05) is 18.1 Å². The van der Waals surface area contributed by atoms with Crippen molar-refractivity contribution in [1.82, 2.24) is 10.6 Å². The van der Waals surface area contributed by atoms with E-state index in [0.717, 1.165) is 12.8 Å². The molecule has 1 aliphatic carbocycles. The highest BCUT2D eigenvalue weighted by molar-refractivity contribution is 14.0. The highest BCUT2D eigenvalue weighted by Crippen LogP contribution is 2.16. The van der Waals surface area contributed by atoms with Crippen molar-refractivity contribution < 1.29 is 13.2 Å². The van der Waals surface area contributed by atoms with Gasteiger partial charge in [0, 0.05) is 18.5 Å². The number of nitrogens with two attached hydrogens (primary N) is 1. The summed E-state index contributed by atoms with van der Waals surface area (Å²) in [4.78, 5) is 16.0. The SMILES string of the molecule is I.NC(=NCCC(=O)NC1CCS(=O)(=O)C1)NC1CCCCCC1. The lowest BCUT2D eigenvalue weighted by Gasteiger charge is -2.16. The van der Waals surface area contributed by atoms with Gasteiger partial charge in [-0.25, -0.2) is 8.42 Å². The Morgan fingerprint density at radius 2 is 1.71 bits per heavy atom. The van der Waals surface area contributed by atoms with Crippen LogP contribution < -0.4 is 16.4 Å². The third kappa shape index (κ3) is 8.00. The first kappa shape index (κ1) is 21.5. The molecule has 1 saturated carbocycles. The van der Waals surface area contributed by atoms with Gasteiger partial charge in [-0.2, -0.15) is 0 Å². The molecule has 1 aliphatic heterocycles. The molecule has 24 heavy (non-hydrogen) atoms. The quantitative estimate of drug-likeness (QED) is 0.239. The first-order valence-electron chi connectivity index (χ1n) is 8.51. The Balaban J connectivity index is 0.00000288. The number of aliphatic imine (C=N–C) groups is 1. The maximum Gasteiger partial charge on any atom is 0.222 e. The molecule has 4 N–H and O–H groups in total. The molecular formula is C15H29IN4O3S. The molecule has 0 aromatic carbocycles. The lowest BCUT2D eigenvalue weighted by molar-refractivity contribution is -0.121. The topological polar surface area (TPSA) is 114 Å². The Morgan fingerprint density at radius 3 is 2.29 bits per heavy atom. The summed E-state index contributed by atoms with van der Waals surface area (Å²) in [6.07, 6.45) is 7.97. The average molecular weight is 472 g/mol. The lowest BCUT2D eigenvalue weighted by Crippen LogP contribution is -2.40. The number of sulfone groups is 1. The molecular weight excluding hydrogens is 443 g/mol. The number of nitrogens with zero attached hydrogens (tertiary/aromatic N) is 1. The molecule has 1 atom stereocenters. The van der Waals surface area contributed by atoms with Gasteiger partial charge >= 0.3 is 0 Å². The summed E-state index contributed by atoms with van der Waals surface area (Å²) in [5.41, 5.74) is 5.87. The summed E-state index contributed by atoms with van der Waals surface area (Å²) in [5, 5.41) is 5.98. The van der Waals surface area contributed by atoms with E-state index in [0.29, 0.717) is 25.0 Å². The molecule has 0 radical (unpaired) electrons. The Bertz CT molecular complexity index is 531. The number of halogens is 1. The van der Waals surface area contributed by atoms with Crippen LogP contribution in [0.5, 0.6) is 0 Å². The minimum absolute atomic E-state index is 0. The molecule has 0 aromatic heterocycles. The maximum absolute atomic E-state index is 11.8. The largest absolute Gasteiger partial charge is 0.370 e. The summed E-state index contributed by atoms with van der Waals surface area (Å²) >= 11 is 0. The number of carbonyl (C=O) groups excluding carboxylic acids is 1. The normalized spacial score (nSPS) is 24.7. The highest BCUT2D eigenvalue weighted by Gasteiger charge is 2.28. The second-order valence-corrected chi connectivity index (χ2v) is 8.75. The van der Waals surface area contributed by atoms with E-state index in [4.69, 9.17) is 5.73 Å². The number of guanidine groups is 1. The van der Waals surface area contributed by atoms with Crippen LogP contribution in [0.1, 0.15) is 51.4 Å². The van der Waals surface area contributed by atoms with E-state index in [-0.39, 0.29) is 53.9 Å². The van der Waals surface area contributed by atoms with Crippen molar-refractivity contribution in [1.29, 1.82) is 0 Å². The van der Waals surface area contributed by atoms with Crippen molar-refractivity contribution in [3.63, 3.8) is 0 Å². The van der Waals surface area contributed by atoms with Gasteiger partial charge in [0.15, 0.2) is 15.8 Å². The van der Waals surface area contributed by atoms with Gasteiger partial charge in [0.05, 0.1) is 18.1 Å². The van der Waals surface area contributed by atoms with Crippen molar-refractivity contribution in [3.05, 3.63) is 0 Å². The maximum atomic E-state index is 11.8. The van der Waals surface area contributed by atoms with Gasteiger partial charge in [0.25, 0.3) is 0 Å². The van der Waals surface area contributed by atoms with Crippen LogP contribution in [0.15, 0.2) is 4.99 Å². The summed E-state index contributed by atoms with van der Waals surface area (Å²) in [7, 11) is -2.97. The van der Waals surface area contributed by atoms with Gasteiger partial charge in [0.2, 0.25) is 5.91 Å². The second kappa shape index (κ2) is 10.4. The first-order valence-corrected chi connectivity index (χ1v) is 10.3. The van der Waals surface area contributed by atoms with Crippen LogP contribution in [0.25, 0.3) is 0 Å². The Kier molecular flexibility index (Phi) is 9.32. The minimum Gasteiger partial charge on any atom is -0.370 e. The smallest absolute Gasteiger partial charge is 0.222 e. The van der Waals surface area contributed by atoms with Crippen LogP contribution in [0.3, 0.4) is 0 Å². The van der Waals surface area contributed by atoms with Crippen molar-refractivity contribution in [2.24, 2.45) is 10.7 Å². The van der Waals surface area contributed by atoms with E-state index < -0.39 is 9.84 Å². The molecule has 0 aromatic rings. The monoisotopic (exact) mass is 472 g/mol. The molecule has 1 unspecified atom stereocenters. The van der Waals surface area contributed by atoms with Gasteiger partial charge in [0.1, 0.15) is 0 Å². The summed E-state index contributed by atoms with van der Waals surface area (Å²) < 4.78 is 22.7. The third-order valence-corrected chi connectivity index (χ3v) is 6.19. The molecule has 1 saturated heterocycles. The predicted molar refractivity (Wildman–Crippen MR) is 106 cm³/mol. The number of carbonyl (C=O) groups is 1. The molecule has 1 heterocycles. The molecule has 2 fully saturated rings. The molecule has 0 spiro atoms. The summed E-state index contributed by atoms with van der Waals surface area (Å²) in [6.45, 7) is 0.316. The molecule has 2 rings (SSSR count). The van der Waals surface area contributed by atoms with E-state index in [1.165, 1.54) is 25.7 Å². The number of amides is 1. The summed E-state index contributed by atoms with van der Waals surface area (Å²) in [5.74, 6) is 0.438. The van der Waals surface area contributed by atoms with E-state index in [2.05, 4.69) is 15.6 Å².